The molecule has 0 aliphatic carbocycles. The maximum atomic E-state index is 8.94. The standard InChI is InChI=1S/C26H18.C14H9Br.C12H11BO2/c1-2-8-19(9-3-1)20-14-16-21(17-15-20)26-24-12-6-4-10-22(24)18-23-11-5-7-13-25(23)26;15-14-12-7-3-1-5-10(12)9-11-6-2-4-8-13(11)14;14-13(15)12-8-6-11(7-9-12)10-4-2-1-3-5-10/h1-18H;1-9H;1-9,14-15H. The van der Waals surface area contributed by atoms with Gasteiger partial charge >= 0.3 is 7.12 Å². The van der Waals surface area contributed by atoms with Crippen LogP contribution in [-0.4, -0.2) is 17.2 Å². The Bertz CT molecular complexity index is 2770. The van der Waals surface area contributed by atoms with E-state index in [-0.39, 0.29) is 0 Å². The summed E-state index contributed by atoms with van der Waals surface area (Å²) in [6.07, 6.45) is 0. The Hall–Kier alpha value is -6.30. The number of rotatable bonds is 4. The van der Waals surface area contributed by atoms with Crippen molar-refractivity contribution in [1.82, 2.24) is 0 Å². The summed E-state index contributed by atoms with van der Waals surface area (Å²) in [5, 5.41) is 28.2. The molecule has 0 fully saturated rings. The topological polar surface area (TPSA) is 40.5 Å². The molecule has 10 rings (SSSR count). The summed E-state index contributed by atoms with van der Waals surface area (Å²) in [4.78, 5) is 0. The second kappa shape index (κ2) is 17.0. The SMILES string of the molecule is Brc1c2ccccc2cc2ccccc12.OB(O)c1ccc(-c2ccccc2)cc1.c1ccc(-c2ccc(-c3c4ccccc4cc4ccccc34)cc2)cc1. The minimum Gasteiger partial charge on any atom is -0.423 e. The van der Waals surface area contributed by atoms with Gasteiger partial charge in [0, 0.05) is 4.47 Å². The van der Waals surface area contributed by atoms with Crippen molar-refractivity contribution in [2.75, 3.05) is 0 Å². The predicted octanol–water partition coefficient (Wildman–Crippen LogP) is 13.1. The molecular weight excluding hydrogens is 747 g/mol. The molecule has 0 aliphatic heterocycles. The molecule has 2 nitrogen and oxygen atoms in total. The van der Waals surface area contributed by atoms with E-state index in [1.165, 1.54) is 69.8 Å². The molecule has 0 heterocycles. The van der Waals surface area contributed by atoms with Crippen LogP contribution < -0.4 is 5.46 Å². The first-order valence-corrected chi connectivity index (χ1v) is 19.5. The van der Waals surface area contributed by atoms with E-state index in [0.29, 0.717) is 5.46 Å². The first-order valence-electron chi connectivity index (χ1n) is 18.7. The molecule has 0 bridgehead atoms. The molecule has 0 aliphatic rings. The second-order valence-electron chi connectivity index (χ2n) is 13.6. The van der Waals surface area contributed by atoms with Gasteiger partial charge in [0.2, 0.25) is 0 Å². The van der Waals surface area contributed by atoms with Gasteiger partial charge in [0.1, 0.15) is 0 Å². The minimum absolute atomic E-state index is 0.509. The lowest BCUT2D eigenvalue weighted by atomic mass is 9.80. The van der Waals surface area contributed by atoms with Gasteiger partial charge in [0.05, 0.1) is 0 Å². The predicted molar refractivity (Wildman–Crippen MR) is 243 cm³/mol. The monoisotopic (exact) mass is 784 g/mol. The van der Waals surface area contributed by atoms with Crippen LogP contribution in [0.5, 0.6) is 0 Å². The van der Waals surface area contributed by atoms with Gasteiger partial charge in [-0.2, -0.15) is 0 Å². The minimum atomic E-state index is -1.39. The Kier molecular flexibility index (Phi) is 11.1. The van der Waals surface area contributed by atoms with Crippen molar-refractivity contribution in [2.45, 2.75) is 0 Å². The Morgan fingerprint density at radius 2 is 0.607 bits per heavy atom. The highest BCUT2D eigenvalue weighted by atomic mass is 79.9. The van der Waals surface area contributed by atoms with E-state index in [4.69, 9.17) is 10.0 Å². The van der Waals surface area contributed by atoms with Gasteiger partial charge < -0.3 is 10.0 Å². The van der Waals surface area contributed by atoms with Crippen LogP contribution in [0.1, 0.15) is 0 Å². The van der Waals surface area contributed by atoms with Gasteiger partial charge in [-0.05, 0) is 110 Å². The summed E-state index contributed by atoms with van der Waals surface area (Å²) < 4.78 is 1.19. The van der Waals surface area contributed by atoms with Crippen LogP contribution in [0.25, 0.3) is 76.5 Å². The molecule has 4 heteroatoms. The maximum Gasteiger partial charge on any atom is 0.488 e. The van der Waals surface area contributed by atoms with Crippen LogP contribution in [-0.2, 0) is 0 Å². The lowest BCUT2D eigenvalue weighted by Gasteiger charge is -2.12. The Balaban J connectivity index is 0.000000126. The summed E-state index contributed by atoms with van der Waals surface area (Å²) in [5.41, 5.74) is 7.78. The summed E-state index contributed by atoms with van der Waals surface area (Å²) in [7, 11) is -1.39. The van der Waals surface area contributed by atoms with Gasteiger partial charge in [-0.15, -0.1) is 0 Å². The van der Waals surface area contributed by atoms with Crippen LogP contribution in [0.3, 0.4) is 0 Å². The molecule has 0 atom stereocenters. The Morgan fingerprint density at radius 3 is 1.02 bits per heavy atom. The van der Waals surface area contributed by atoms with E-state index in [1.54, 1.807) is 12.1 Å². The van der Waals surface area contributed by atoms with Crippen molar-refractivity contribution >= 4 is 71.6 Å². The van der Waals surface area contributed by atoms with Crippen molar-refractivity contribution in [3.8, 4) is 33.4 Å². The zero-order valence-corrected chi connectivity index (χ0v) is 32.2. The third-order valence-corrected chi connectivity index (χ3v) is 10.9. The molecule has 0 radical (unpaired) electrons. The molecule has 0 saturated heterocycles. The molecule has 268 valence electrons. The Labute approximate surface area is 336 Å². The van der Waals surface area contributed by atoms with Gasteiger partial charge in [0.25, 0.3) is 0 Å². The van der Waals surface area contributed by atoms with Crippen LogP contribution in [0.2, 0.25) is 0 Å². The van der Waals surface area contributed by atoms with Crippen molar-refractivity contribution in [3.05, 3.63) is 223 Å². The number of fused-ring (bicyclic) bond motifs is 4. The Morgan fingerprint density at radius 1 is 0.304 bits per heavy atom. The van der Waals surface area contributed by atoms with Gasteiger partial charge in [-0.1, -0.05) is 206 Å². The summed E-state index contributed by atoms with van der Waals surface area (Å²) in [6.45, 7) is 0. The normalized spacial score (nSPS) is 10.8. The van der Waals surface area contributed by atoms with E-state index in [1.807, 2.05) is 42.5 Å². The molecule has 0 amide bonds. The van der Waals surface area contributed by atoms with Gasteiger partial charge in [-0.25, -0.2) is 0 Å². The van der Waals surface area contributed by atoms with Crippen LogP contribution in [0, 0.1) is 0 Å². The second-order valence-corrected chi connectivity index (χ2v) is 14.4. The lowest BCUT2D eigenvalue weighted by Crippen LogP contribution is -2.29. The van der Waals surface area contributed by atoms with E-state index >= 15 is 0 Å². The summed E-state index contributed by atoms with van der Waals surface area (Å²) in [5.74, 6) is 0. The van der Waals surface area contributed by atoms with Crippen LogP contribution >= 0.6 is 15.9 Å². The fourth-order valence-electron chi connectivity index (χ4n) is 7.22. The molecule has 2 N–H and O–H groups in total. The zero-order chi connectivity index (χ0) is 38.3. The number of benzene rings is 10. The number of halogens is 1. The molecule has 0 unspecified atom stereocenters. The highest BCUT2D eigenvalue weighted by Crippen LogP contribution is 2.37. The average Bonchev–Trinajstić information content (AvgIpc) is 3.27. The highest BCUT2D eigenvalue weighted by molar-refractivity contribution is 9.10. The largest absolute Gasteiger partial charge is 0.488 e. The third-order valence-electron chi connectivity index (χ3n) is 10.1. The number of hydrogen-bond donors (Lipinski definition) is 2. The maximum absolute atomic E-state index is 8.94. The van der Waals surface area contributed by atoms with Crippen LogP contribution in [0.15, 0.2) is 223 Å². The van der Waals surface area contributed by atoms with Crippen LogP contribution in [0.4, 0.5) is 0 Å². The average molecular weight is 786 g/mol. The third kappa shape index (κ3) is 8.05. The molecule has 10 aromatic carbocycles. The van der Waals surface area contributed by atoms with Crippen molar-refractivity contribution in [3.63, 3.8) is 0 Å². The fourth-order valence-corrected chi connectivity index (χ4v) is 7.94. The molecule has 0 aromatic heterocycles. The smallest absolute Gasteiger partial charge is 0.423 e. The van der Waals surface area contributed by atoms with Crippen molar-refractivity contribution in [1.29, 1.82) is 0 Å². The summed E-state index contributed by atoms with van der Waals surface area (Å²) >= 11 is 3.68. The fraction of sp³-hybridized carbons (Fsp3) is 0. The first-order chi connectivity index (χ1) is 27.5. The van der Waals surface area contributed by atoms with Crippen molar-refractivity contribution < 1.29 is 10.0 Å². The lowest BCUT2D eigenvalue weighted by molar-refractivity contribution is 0.426. The molecule has 0 spiro atoms. The van der Waals surface area contributed by atoms with Gasteiger partial charge in [0.15, 0.2) is 0 Å². The highest BCUT2D eigenvalue weighted by Gasteiger charge is 2.11. The van der Waals surface area contributed by atoms with Crippen molar-refractivity contribution in [2.24, 2.45) is 0 Å². The zero-order valence-electron chi connectivity index (χ0n) is 30.6. The van der Waals surface area contributed by atoms with E-state index in [0.717, 1.165) is 11.1 Å². The first kappa shape index (κ1) is 36.7. The van der Waals surface area contributed by atoms with E-state index in [2.05, 4.69) is 180 Å². The molecule has 10 aromatic rings. The van der Waals surface area contributed by atoms with Gasteiger partial charge in [-0.3, -0.25) is 0 Å². The molecule has 56 heavy (non-hydrogen) atoms. The van der Waals surface area contributed by atoms with E-state index in [9.17, 15) is 0 Å². The molecule has 0 saturated carbocycles. The quantitative estimate of drug-likeness (QED) is 0.138. The number of hydrogen-bond acceptors (Lipinski definition) is 2. The molecular formula is C52H38BBrO2. The summed E-state index contributed by atoms with van der Waals surface area (Å²) in [6, 6.07) is 75.3. The van der Waals surface area contributed by atoms with E-state index < -0.39 is 7.12 Å².